The van der Waals surface area contributed by atoms with Gasteiger partial charge in [-0.25, -0.2) is 0 Å². The van der Waals surface area contributed by atoms with Gasteiger partial charge in [-0.05, 0) is 29.8 Å². The molecule has 0 atom stereocenters. The predicted molar refractivity (Wildman–Crippen MR) is 79.5 cm³/mol. The summed E-state index contributed by atoms with van der Waals surface area (Å²) in [4.78, 5) is 11.7. The molecule has 0 radical (unpaired) electrons. The Morgan fingerprint density at radius 3 is 2.79 bits per heavy atom. The summed E-state index contributed by atoms with van der Waals surface area (Å²) in [6, 6.07) is 7.07. The van der Waals surface area contributed by atoms with E-state index in [1.165, 1.54) is 0 Å². The second kappa shape index (κ2) is 6.63. The largest absolute Gasteiger partial charge is 0.325 e. The van der Waals surface area contributed by atoms with Crippen molar-refractivity contribution in [3.63, 3.8) is 0 Å². The van der Waals surface area contributed by atoms with Crippen LogP contribution in [0.2, 0.25) is 5.02 Å². The first-order valence-corrected chi connectivity index (χ1v) is 7.27. The minimum atomic E-state index is -0.0174. The maximum Gasteiger partial charge on any atom is 0.234 e. The van der Waals surface area contributed by atoms with E-state index in [0.717, 1.165) is 17.0 Å². The summed E-state index contributed by atoms with van der Waals surface area (Å²) in [6.07, 6.45) is 3.76. The van der Waals surface area contributed by atoms with E-state index < -0.39 is 0 Å². The number of benzene rings is 1. The highest BCUT2D eigenvalue weighted by Gasteiger charge is 2.03. The molecule has 0 aliphatic carbocycles. The third-order valence-electron chi connectivity index (χ3n) is 2.39. The Kier molecular flexibility index (Phi) is 4.87. The van der Waals surface area contributed by atoms with Gasteiger partial charge in [0.15, 0.2) is 0 Å². The summed E-state index contributed by atoms with van der Waals surface area (Å²) < 4.78 is 1.75. The van der Waals surface area contributed by atoms with Crippen LogP contribution in [-0.4, -0.2) is 21.4 Å². The van der Waals surface area contributed by atoms with Gasteiger partial charge < -0.3 is 5.32 Å². The second-order valence-corrected chi connectivity index (χ2v) is 5.49. The number of aryl methyl sites for hydroxylation is 1. The van der Waals surface area contributed by atoms with Gasteiger partial charge in [0, 0.05) is 29.7 Å². The number of halogens is 1. The number of carbonyl (C=O) groups is 1. The Balaban J connectivity index is 1.74. The van der Waals surface area contributed by atoms with E-state index >= 15 is 0 Å². The van der Waals surface area contributed by atoms with Gasteiger partial charge in [-0.3, -0.25) is 9.48 Å². The molecular weight excluding hydrogens is 282 g/mol. The van der Waals surface area contributed by atoms with Crippen molar-refractivity contribution in [2.45, 2.75) is 5.75 Å². The molecule has 4 nitrogen and oxygen atoms in total. The molecule has 0 bridgehead atoms. The summed E-state index contributed by atoms with van der Waals surface area (Å²) in [7, 11) is 1.88. The maximum atomic E-state index is 11.7. The molecule has 0 saturated heterocycles. The average molecular weight is 296 g/mol. The van der Waals surface area contributed by atoms with Gasteiger partial charge in [0.1, 0.15) is 0 Å². The van der Waals surface area contributed by atoms with Gasteiger partial charge in [-0.1, -0.05) is 11.6 Å². The zero-order chi connectivity index (χ0) is 13.7. The molecule has 1 amide bonds. The molecule has 0 aliphatic heterocycles. The van der Waals surface area contributed by atoms with Gasteiger partial charge in [-0.15, -0.1) is 11.8 Å². The van der Waals surface area contributed by atoms with E-state index in [-0.39, 0.29) is 5.91 Å². The van der Waals surface area contributed by atoms with Crippen LogP contribution in [0.15, 0.2) is 36.7 Å². The minimum absolute atomic E-state index is 0.0174. The maximum absolute atomic E-state index is 11.7. The van der Waals surface area contributed by atoms with Crippen LogP contribution in [-0.2, 0) is 17.6 Å². The third kappa shape index (κ3) is 4.61. The normalized spacial score (nSPS) is 10.4. The first kappa shape index (κ1) is 14.0. The fourth-order valence-corrected chi connectivity index (χ4v) is 2.41. The summed E-state index contributed by atoms with van der Waals surface area (Å²) in [5, 5.41) is 7.56. The number of rotatable bonds is 5. The van der Waals surface area contributed by atoms with Crippen molar-refractivity contribution >= 4 is 35.0 Å². The number of hydrogen-bond acceptors (Lipinski definition) is 3. The van der Waals surface area contributed by atoms with Crippen molar-refractivity contribution in [2.24, 2.45) is 7.05 Å². The molecule has 0 spiro atoms. The molecule has 19 heavy (non-hydrogen) atoms. The first-order valence-electron chi connectivity index (χ1n) is 5.74. The van der Waals surface area contributed by atoms with Gasteiger partial charge in [0.05, 0.1) is 11.9 Å². The number of nitrogens with zero attached hydrogens (tertiary/aromatic N) is 2. The van der Waals surface area contributed by atoms with Crippen LogP contribution in [0.25, 0.3) is 0 Å². The molecule has 1 aromatic heterocycles. The Labute approximate surface area is 121 Å². The molecule has 1 aromatic carbocycles. The monoisotopic (exact) mass is 295 g/mol. The molecule has 1 N–H and O–H groups in total. The lowest BCUT2D eigenvalue weighted by atomic mass is 10.3. The zero-order valence-corrected chi connectivity index (χ0v) is 12.0. The lowest BCUT2D eigenvalue weighted by Crippen LogP contribution is -2.13. The number of anilines is 1. The van der Waals surface area contributed by atoms with Crippen LogP contribution in [0.5, 0.6) is 0 Å². The van der Waals surface area contributed by atoms with E-state index in [1.54, 1.807) is 40.7 Å². The van der Waals surface area contributed by atoms with Crippen molar-refractivity contribution in [1.29, 1.82) is 0 Å². The SMILES string of the molecule is Cn1cc(CSCC(=O)Nc2ccc(Cl)cc2)cn1. The van der Waals surface area contributed by atoms with Crippen LogP contribution in [0.4, 0.5) is 5.69 Å². The Bertz CT molecular complexity index is 553. The molecule has 0 saturated carbocycles. The fourth-order valence-electron chi connectivity index (χ4n) is 1.54. The summed E-state index contributed by atoms with van der Waals surface area (Å²) in [5.74, 6) is 1.18. The van der Waals surface area contributed by atoms with Gasteiger partial charge in [-0.2, -0.15) is 5.10 Å². The highest BCUT2D eigenvalue weighted by Crippen LogP contribution is 2.15. The average Bonchev–Trinajstić information content (AvgIpc) is 2.78. The molecule has 2 rings (SSSR count). The van der Waals surface area contributed by atoms with Crippen molar-refractivity contribution in [1.82, 2.24) is 9.78 Å². The first-order chi connectivity index (χ1) is 9.13. The molecule has 2 aromatic rings. The lowest BCUT2D eigenvalue weighted by molar-refractivity contribution is -0.113. The zero-order valence-electron chi connectivity index (χ0n) is 10.5. The third-order valence-corrected chi connectivity index (χ3v) is 3.64. The van der Waals surface area contributed by atoms with Gasteiger partial charge in [0.2, 0.25) is 5.91 Å². The molecule has 1 heterocycles. The number of amides is 1. The summed E-state index contributed by atoms with van der Waals surface area (Å²) in [6.45, 7) is 0. The van der Waals surface area contributed by atoms with E-state index in [4.69, 9.17) is 11.6 Å². The summed E-state index contributed by atoms with van der Waals surface area (Å²) >= 11 is 7.34. The Hall–Kier alpha value is -1.46. The quantitative estimate of drug-likeness (QED) is 0.922. The van der Waals surface area contributed by atoms with E-state index in [2.05, 4.69) is 10.4 Å². The van der Waals surface area contributed by atoms with E-state index in [1.807, 2.05) is 19.4 Å². The van der Waals surface area contributed by atoms with Crippen molar-refractivity contribution in [3.8, 4) is 0 Å². The molecule has 6 heteroatoms. The number of hydrogen-bond donors (Lipinski definition) is 1. The number of carbonyl (C=O) groups excluding carboxylic acids is 1. The van der Waals surface area contributed by atoms with Crippen LogP contribution < -0.4 is 5.32 Å². The molecular formula is C13H14ClN3OS. The van der Waals surface area contributed by atoms with E-state index in [0.29, 0.717) is 10.8 Å². The van der Waals surface area contributed by atoms with Gasteiger partial charge >= 0.3 is 0 Å². The van der Waals surface area contributed by atoms with Crippen molar-refractivity contribution in [3.05, 3.63) is 47.2 Å². The smallest absolute Gasteiger partial charge is 0.234 e. The van der Waals surface area contributed by atoms with Crippen LogP contribution in [0.1, 0.15) is 5.56 Å². The highest BCUT2D eigenvalue weighted by molar-refractivity contribution is 7.99. The summed E-state index contributed by atoms with van der Waals surface area (Å²) in [5.41, 5.74) is 1.88. The standard InChI is InChI=1S/C13H14ClN3OS/c1-17-7-10(6-15-17)8-19-9-13(18)16-12-4-2-11(14)3-5-12/h2-7H,8-9H2,1H3,(H,16,18). The lowest BCUT2D eigenvalue weighted by Gasteiger charge is -2.04. The molecule has 0 aliphatic rings. The number of nitrogens with one attached hydrogen (secondary N) is 1. The van der Waals surface area contributed by atoms with Gasteiger partial charge in [0.25, 0.3) is 0 Å². The topological polar surface area (TPSA) is 46.9 Å². The van der Waals surface area contributed by atoms with Crippen molar-refractivity contribution in [2.75, 3.05) is 11.1 Å². The van der Waals surface area contributed by atoms with Crippen LogP contribution in [0, 0.1) is 0 Å². The number of aromatic nitrogens is 2. The fraction of sp³-hybridized carbons (Fsp3) is 0.231. The molecule has 0 fully saturated rings. The predicted octanol–water partition coefficient (Wildman–Crippen LogP) is 2.95. The van der Waals surface area contributed by atoms with Crippen LogP contribution in [0.3, 0.4) is 0 Å². The Morgan fingerprint density at radius 1 is 1.42 bits per heavy atom. The van der Waals surface area contributed by atoms with Crippen molar-refractivity contribution < 1.29 is 4.79 Å². The molecule has 0 unspecified atom stereocenters. The Morgan fingerprint density at radius 2 is 2.16 bits per heavy atom. The second-order valence-electron chi connectivity index (χ2n) is 4.07. The van der Waals surface area contributed by atoms with Crippen LogP contribution >= 0.6 is 23.4 Å². The number of thioether (sulfide) groups is 1. The highest BCUT2D eigenvalue weighted by atomic mass is 35.5. The minimum Gasteiger partial charge on any atom is -0.325 e. The molecule has 100 valence electrons. The van der Waals surface area contributed by atoms with E-state index in [9.17, 15) is 4.79 Å².